The number of nitrogens with one attached hydrogen (secondary N) is 2. The lowest BCUT2D eigenvalue weighted by molar-refractivity contribution is -0.133. The van der Waals surface area contributed by atoms with Crippen molar-refractivity contribution < 1.29 is 9.53 Å². The van der Waals surface area contributed by atoms with Gasteiger partial charge in [0, 0.05) is 32.2 Å². The number of hydrazine groups is 1. The fraction of sp³-hybridized carbons (Fsp3) is 0.381. The second-order valence-corrected chi connectivity index (χ2v) is 7.02. The van der Waals surface area contributed by atoms with Crippen LogP contribution in [0.5, 0.6) is 5.75 Å². The van der Waals surface area contributed by atoms with Gasteiger partial charge in [-0.05, 0) is 24.1 Å². The summed E-state index contributed by atoms with van der Waals surface area (Å²) >= 11 is 0. The molecule has 2 heterocycles. The fourth-order valence-corrected chi connectivity index (χ4v) is 3.90. The minimum absolute atomic E-state index is 0.173. The number of carbonyl (C=O) groups is 1. The summed E-state index contributed by atoms with van der Waals surface area (Å²) in [7, 11) is 1.69. The summed E-state index contributed by atoms with van der Waals surface area (Å²) in [4.78, 5) is 17.2. The molecule has 0 aromatic heterocycles. The van der Waals surface area contributed by atoms with E-state index in [-0.39, 0.29) is 18.0 Å². The third kappa shape index (κ3) is 3.77. The highest BCUT2D eigenvalue weighted by Crippen LogP contribution is 2.29. The van der Waals surface area contributed by atoms with Gasteiger partial charge < -0.3 is 14.5 Å². The Bertz CT molecular complexity index is 775. The predicted octanol–water partition coefficient (Wildman–Crippen LogP) is 1.95. The maximum absolute atomic E-state index is 12.9. The Hall–Kier alpha value is -2.57. The molecule has 27 heavy (non-hydrogen) atoms. The van der Waals surface area contributed by atoms with Crippen molar-refractivity contribution in [2.45, 2.75) is 18.5 Å². The Kier molecular flexibility index (Phi) is 5.27. The van der Waals surface area contributed by atoms with Gasteiger partial charge in [0.25, 0.3) is 0 Å². The summed E-state index contributed by atoms with van der Waals surface area (Å²) in [6, 6.07) is 18.3. The lowest BCUT2D eigenvalue weighted by atomic mass is 10.0. The van der Waals surface area contributed by atoms with Gasteiger partial charge in [0.15, 0.2) is 0 Å². The summed E-state index contributed by atoms with van der Waals surface area (Å²) in [6.07, 6.45) is 0.773. The Balaban J connectivity index is 1.34. The van der Waals surface area contributed by atoms with Gasteiger partial charge in [0.1, 0.15) is 11.8 Å². The van der Waals surface area contributed by atoms with Crippen molar-refractivity contribution in [2.24, 2.45) is 0 Å². The van der Waals surface area contributed by atoms with Crippen LogP contribution < -0.4 is 20.5 Å². The number of anilines is 1. The Morgan fingerprint density at radius 3 is 2.41 bits per heavy atom. The number of hydrogen-bond acceptors (Lipinski definition) is 5. The molecule has 6 nitrogen and oxygen atoms in total. The van der Waals surface area contributed by atoms with Gasteiger partial charge in [-0.2, -0.15) is 0 Å². The van der Waals surface area contributed by atoms with E-state index >= 15 is 0 Å². The van der Waals surface area contributed by atoms with E-state index in [1.807, 2.05) is 41.3 Å². The van der Waals surface area contributed by atoms with Gasteiger partial charge in [-0.1, -0.05) is 42.5 Å². The van der Waals surface area contributed by atoms with Gasteiger partial charge >= 0.3 is 0 Å². The van der Waals surface area contributed by atoms with Crippen LogP contribution in [-0.2, 0) is 4.79 Å². The molecule has 0 aliphatic carbocycles. The minimum atomic E-state index is -0.173. The Morgan fingerprint density at radius 2 is 1.67 bits per heavy atom. The second kappa shape index (κ2) is 7.98. The van der Waals surface area contributed by atoms with Crippen molar-refractivity contribution in [2.75, 3.05) is 38.2 Å². The van der Waals surface area contributed by atoms with Crippen LogP contribution in [0.4, 0.5) is 5.69 Å². The topological polar surface area (TPSA) is 56.8 Å². The van der Waals surface area contributed by atoms with E-state index in [9.17, 15) is 4.79 Å². The first kappa shape index (κ1) is 17.8. The molecule has 2 atom stereocenters. The average molecular weight is 366 g/mol. The molecule has 2 aliphatic heterocycles. The van der Waals surface area contributed by atoms with E-state index in [1.165, 1.54) is 5.56 Å². The van der Waals surface area contributed by atoms with Crippen LogP contribution in [-0.4, -0.2) is 50.1 Å². The van der Waals surface area contributed by atoms with E-state index in [2.05, 4.69) is 34.0 Å². The molecule has 142 valence electrons. The molecule has 2 N–H and O–H groups in total. The quantitative estimate of drug-likeness (QED) is 0.866. The fourth-order valence-electron chi connectivity index (χ4n) is 3.90. The summed E-state index contributed by atoms with van der Waals surface area (Å²) in [5, 5.41) is 0. The molecular formula is C21H26N4O2. The summed E-state index contributed by atoms with van der Waals surface area (Å²) in [5.41, 5.74) is 8.76. The molecule has 0 saturated carbocycles. The number of carbonyl (C=O) groups excluding carboxylic acids is 1. The molecule has 6 heteroatoms. The number of amides is 1. The number of hydrogen-bond donors (Lipinski definition) is 2. The summed E-state index contributed by atoms with van der Waals surface area (Å²) in [6.45, 7) is 3.08. The summed E-state index contributed by atoms with van der Waals surface area (Å²) in [5.74, 6) is 1.06. The molecule has 2 aliphatic rings. The molecule has 2 fully saturated rings. The highest BCUT2D eigenvalue weighted by atomic mass is 16.5. The van der Waals surface area contributed by atoms with Crippen LogP contribution >= 0.6 is 0 Å². The van der Waals surface area contributed by atoms with E-state index in [0.717, 1.165) is 44.0 Å². The number of para-hydroxylation sites is 2. The number of nitrogens with zero attached hydrogens (tertiary/aromatic N) is 2. The first-order valence-corrected chi connectivity index (χ1v) is 9.49. The number of rotatable bonds is 4. The molecule has 1 amide bonds. The van der Waals surface area contributed by atoms with Crippen LogP contribution in [0.15, 0.2) is 54.6 Å². The van der Waals surface area contributed by atoms with Crippen LogP contribution in [0, 0.1) is 0 Å². The number of ether oxygens (including phenoxy) is 1. The molecule has 2 aromatic carbocycles. The van der Waals surface area contributed by atoms with Crippen LogP contribution in [0.2, 0.25) is 0 Å². The van der Waals surface area contributed by atoms with Crippen molar-refractivity contribution in [1.82, 2.24) is 15.8 Å². The standard InChI is InChI=1S/C21H26N4O2/c1-27-20-10-6-5-9-19(20)24-11-13-25(14-12-24)21(26)18-15-17(22-23-18)16-7-3-2-4-8-16/h2-10,17-18,22-23H,11-15H2,1H3. The van der Waals surface area contributed by atoms with Crippen molar-refractivity contribution in [3.8, 4) is 5.75 Å². The molecule has 0 spiro atoms. The molecule has 0 bridgehead atoms. The lowest BCUT2D eigenvalue weighted by Gasteiger charge is -2.37. The van der Waals surface area contributed by atoms with E-state index in [4.69, 9.17) is 4.74 Å². The maximum Gasteiger partial charge on any atom is 0.241 e. The predicted molar refractivity (Wildman–Crippen MR) is 106 cm³/mol. The SMILES string of the molecule is COc1ccccc1N1CCN(C(=O)C2CC(c3ccccc3)NN2)CC1. The highest BCUT2D eigenvalue weighted by Gasteiger charge is 2.34. The number of benzene rings is 2. The Labute approximate surface area is 160 Å². The van der Waals surface area contributed by atoms with Crippen molar-refractivity contribution in [3.63, 3.8) is 0 Å². The largest absolute Gasteiger partial charge is 0.495 e. The number of methoxy groups -OCH3 is 1. The van der Waals surface area contributed by atoms with Crippen molar-refractivity contribution in [1.29, 1.82) is 0 Å². The van der Waals surface area contributed by atoms with Gasteiger partial charge in [-0.15, -0.1) is 0 Å². The Morgan fingerprint density at radius 1 is 0.963 bits per heavy atom. The summed E-state index contributed by atoms with van der Waals surface area (Å²) < 4.78 is 5.47. The van der Waals surface area contributed by atoms with Gasteiger partial charge in [-0.3, -0.25) is 4.79 Å². The second-order valence-electron chi connectivity index (χ2n) is 7.02. The lowest BCUT2D eigenvalue weighted by Crippen LogP contribution is -2.53. The molecule has 4 rings (SSSR count). The van der Waals surface area contributed by atoms with Crippen LogP contribution in [0.25, 0.3) is 0 Å². The third-order valence-corrected chi connectivity index (χ3v) is 5.42. The molecule has 2 saturated heterocycles. The minimum Gasteiger partial charge on any atom is -0.495 e. The molecule has 2 unspecified atom stereocenters. The normalized spacial score (nSPS) is 22.7. The zero-order valence-electron chi connectivity index (χ0n) is 15.6. The van der Waals surface area contributed by atoms with Crippen LogP contribution in [0.1, 0.15) is 18.0 Å². The van der Waals surface area contributed by atoms with E-state index in [1.54, 1.807) is 7.11 Å². The zero-order valence-corrected chi connectivity index (χ0v) is 15.6. The van der Waals surface area contributed by atoms with Gasteiger partial charge in [-0.25, -0.2) is 10.9 Å². The third-order valence-electron chi connectivity index (χ3n) is 5.42. The highest BCUT2D eigenvalue weighted by molar-refractivity contribution is 5.82. The number of piperazine rings is 1. The van der Waals surface area contributed by atoms with Crippen molar-refractivity contribution >= 4 is 11.6 Å². The molecular weight excluding hydrogens is 340 g/mol. The van der Waals surface area contributed by atoms with Crippen LogP contribution in [0.3, 0.4) is 0 Å². The van der Waals surface area contributed by atoms with Gasteiger partial charge in [0.2, 0.25) is 5.91 Å². The zero-order chi connectivity index (χ0) is 18.6. The van der Waals surface area contributed by atoms with E-state index in [0.29, 0.717) is 0 Å². The van der Waals surface area contributed by atoms with E-state index < -0.39 is 0 Å². The maximum atomic E-state index is 12.9. The molecule has 2 aromatic rings. The molecule has 0 radical (unpaired) electrons. The van der Waals surface area contributed by atoms with Gasteiger partial charge in [0.05, 0.1) is 12.8 Å². The average Bonchev–Trinajstić information content (AvgIpc) is 3.24. The first-order valence-electron chi connectivity index (χ1n) is 9.49. The van der Waals surface area contributed by atoms with Crippen molar-refractivity contribution in [3.05, 3.63) is 60.2 Å². The first-order chi connectivity index (χ1) is 13.3. The smallest absolute Gasteiger partial charge is 0.241 e. The monoisotopic (exact) mass is 366 g/mol.